The van der Waals surface area contributed by atoms with Gasteiger partial charge in [0.1, 0.15) is 11.6 Å². The maximum Gasteiger partial charge on any atom is 0.280 e. The van der Waals surface area contributed by atoms with E-state index >= 15 is 0 Å². The molecule has 0 radical (unpaired) electrons. The van der Waals surface area contributed by atoms with E-state index < -0.39 is 17.5 Å². The summed E-state index contributed by atoms with van der Waals surface area (Å²) in [5.41, 5.74) is 11.5. The molecule has 5 nitrogen and oxygen atoms in total. The molecule has 1 amide bonds. The van der Waals surface area contributed by atoms with E-state index in [0.717, 1.165) is 12.1 Å². The Balaban J connectivity index is 2.27. The second kappa shape index (κ2) is 6.45. The predicted molar refractivity (Wildman–Crippen MR) is 92.2 cm³/mol. The van der Waals surface area contributed by atoms with Gasteiger partial charge in [-0.15, -0.1) is 0 Å². The van der Waals surface area contributed by atoms with Gasteiger partial charge in [-0.05, 0) is 35.9 Å². The zero-order valence-corrected chi connectivity index (χ0v) is 13.4. The average Bonchev–Trinajstić information content (AvgIpc) is 2.53. The normalized spacial score (nSPS) is 10.7. The molecule has 2 aromatic carbocycles. The van der Waals surface area contributed by atoms with Crippen LogP contribution in [-0.4, -0.2) is 16.9 Å². The largest absolute Gasteiger partial charge is 0.370 e. The maximum atomic E-state index is 14.3. The van der Waals surface area contributed by atoms with Gasteiger partial charge in [-0.2, -0.15) is 4.99 Å². The van der Waals surface area contributed by atoms with Crippen molar-refractivity contribution in [3.8, 4) is 11.1 Å². The molecule has 0 fully saturated rings. The number of fused-ring (bicyclic) bond motifs is 1. The Kier molecular flexibility index (Phi) is 4.33. The summed E-state index contributed by atoms with van der Waals surface area (Å²) in [6, 6.07) is 7.83. The van der Waals surface area contributed by atoms with Gasteiger partial charge < -0.3 is 11.5 Å². The van der Waals surface area contributed by atoms with Crippen molar-refractivity contribution in [2.45, 2.75) is 0 Å². The van der Waals surface area contributed by atoms with Crippen LogP contribution in [0.2, 0.25) is 5.02 Å². The van der Waals surface area contributed by atoms with Gasteiger partial charge in [0, 0.05) is 28.8 Å². The smallest absolute Gasteiger partial charge is 0.280 e. The molecule has 0 aliphatic heterocycles. The number of halogens is 3. The molecule has 0 bridgehead atoms. The summed E-state index contributed by atoms with van der Waals surface area (Å²) in [7, 11) is 0. The van der Waals surface area contributed by atoms with Crippen LogP contribution in [0, 0.1) is 11.6 Å². The summed E-state index contributed by atoms with van der Waals surface area (Å²) in [6.45, 7) is 0. The van der Waals surface area contributed by atoms with Crippen molar-refractivity contribution >= 4 is 34.4 Å². The number of pyridine rings is 1. The number of aromatic nitrogens is 1. The number of amides is 1. The van der Waals surface area contributed by atoms with E-state index in [0.29, 0.717) is 16.5 Å². The number of hydrogen-bond donors (Lipinski definition) is 2. The minimum Gasteiger partial charge on any atom is -0.370 e. The number of nitrogens with two attached hydrogens (primary N) is 2. The Morgan fingerprint density at radius 3 is 2.56 bits per heavy atom. The molecule has 25 heavy (non-hydrogen) atoms. The number of carbonyl (C=O) groups excluding carboxylic acids is 1. The van der Waals surface area contributed by atoms with Gasteiger partial charge in [0.15, 0.2) is 5.96 Å². The number of guanidine groups is 1. The van der Waals surface area contributed by atoms with Crippen molar-refractivity contribution in [2.24, 2.45) is 16.5 Å². The van der Waals surface area contributed by atoms with Crippen LogP contribution in [0.4, 0.5) is 8.78 Å². The molecule has 8 heteroatoms. The van der Waals surface area contributed by atoms with Crippen molar-refractivity contribution in [3.63, 3.8) is 0 Å². The lowest BCUT2D eigenvalue weighted by Crippen LogP contribution is -2.24. The van der Waals surface area contributed by atoms with Crippen molar-refractivity contribution in [1.82, 2.24) is 4.98 Å². The van der Waals surface area contributed by atoms with Crippen LogP contribution in [-0.2, 0) is 0 Å². The Morgan fingerprint density at radius 2 is 1.88 bits per heavy atom. The van der Waals surface area contributed by atoms with Gasteiger partial charge >= 0.3 is 0 Å². The molecule has 126 valence electrons. The second-order valence-electron chi connectivity index (χ2n) is 5.18. The summed E-state index contributed by atoms with van der Waals surface area (Å²) in [5.74, 6) is -2.63. The first-order chi connectivity index (χ1) is 11.9. The highest BCUT2D eigenvalue weighted by Crippen LogP contribution is 2.35. The average molecular weight is 361 g/mol. The minimum absolute atomic E-state index is 0.0157. The summed E-state index contributed by atoms with van der Waals surface area (Å²) in [5, 5.41) is 0.359. The van der Waals surface area contributed by atoms with E-state index in [4.69, 9.17) is 23.1 Å². The highest BCUT2D eigenvalue weighted by atomic mass is 35.5. The van der Waals surface area contributed by atoms with Crippen LogP contribution in [0.3, 0.4) is 0 Å². The van der Waals surface area contributed by atoms with E-state index in [2.05, 4.69) is 9.98 Å². The molecule has 1 heterocycles. The van der Waals surface area contributed by atoms with Crippen LogP contribution in [0.5, 0.6) is 0 Å². The van der Waals surface area contributed by atoms with Crippen molar-refractivity contribution < 1.29 is 13.6 Å². The molecule has 0 aliphatic carbocycles. The van der Waals surface area contributed by atoms with Crippen LogP contribution in [0.25, 0.3) is 22.0 Å². The molecule has 3 rings (SSSR count). The fraction of sp³-hybridized carbons (Fsp3) is 0. The Morgan fingerprint density at radius 1 is 1.12 bits per heavy atom. The van der Waals surface area contributed by atoms with Crippen LogP contribution in [0.15, 0.2) is 47.6 Å². The van der Waals surface area contributed by atoms with Crippen molar-refractivity contribution in [1.29, 1.82) is 0 Å². The van der Waals surface area contributed by atoms with Gasteiger partial charge in [-0.1, -0.05) is 11.6 Å². The first-order valence-electron chi connectivity index (χ1n) is 7.04. The number of rotatable bonds is 2. The standard InChI is InChI=1S/C17H11ClF2N4O/c18-12-6-9(19)7-13(20)15(12)10-3-4-23-14-2-1-8(5-11(10)14)16(25)24-17(21)22/h1-7H,(H4,21,22,24,25). The third-order valence-electron chi connectivity index (χ3n) is 3.50. The molecule has 0 saturated carbocycles. The first kappa shape index (κ1) is 16.8. The van der Waals surface area contributed by atoms with Gasteiger partial charge in [0.25, 0.3) is 5.91 Å². The third kappa shape index (κ3) is 3.27. The SMILES string of the molecule is NC(N)=NC(=O)c1ccc2nccc(-c3c(F)cc(F)cc3Cl)c2c1. The lowest BCUT2D eigenvalue weighted by molar-refractivity contribution is 0.100. The van der Waals surface area contributed by atoms with Gasteiger partial charge in [-0.25, -0.2) is 8.78 Å². The second-order valence-corrected chi connectivity index (χ2v) is 5.58. The Bertz CT molecular complexity index is 1010. The van der Waals surface area contributed by atoms with Crippen molar-refractivity contribution in [2.75, 3.05) is 0 Å². The third-order valence-corrected chi connectivity index (χ3v) is 3.79. The van der Waals surface area contributed by atoms with E-state index in [-0.39, 0.29) is 22.1 Å². The molecule has 4 N–H and O–H groups in total. The molecule has 3 aromatic rings. The number of aliphatic imine (C=N–C) groups is 1. The molecule has 0 saturated heterocycles. The summed E-state index contributed by atoms with van der Waals surface area (Å²) >= 11 is 6.02. The zero-order chi connectivity index (χ0) is 18.1. The number of hydrogen-bond acceptors (Lipinski definition) is 2. The lowest BCUT2D eigenvalue weighted by Gasteiger charge is -2.10. The van der Waals surface area contributed by atoms with E-state index in [1.165, 1.54) is 24.4 Å². The molecular formula is C17H11ClF2N4O. The van der Waals surface area contributed by atoms with Crippen LogP contribution >= 0.6 is 11.6 Å². The van der Waals surface area contributed by atoms with E-state index in [9.17, 15) is 13.6 Å². The van der Waals surface area contributed by atoms with Crippen LogP contribution in [0.1, 0.15) is 10.4 Å². The molecule has 0 aliphatic rings. The van der Waals surface area contributed by atoms with E-state index in [1.807, 2.05) is 0 Å². The fourth-order valence-electron chi connectivity index (χ4n) is 2.48. The number of nitrogens with zero attached hydrogens (tertiary/aromatic N) is 2. The molecular weight excluding hydrogens is 350 g/mol. The monoisotopic (exact) mass is 360 g/mol. The van der Waals surface area contributed by atoms with E-state index in [1.54, 1.807) is 6.07 Å². The highest BCUT2D eigenvalue weighted by molar-refractivity contribution is 6.33. The molecule has 0 atom stereocenters. The molecule has 1 aromatic heterocycles. The Hall–Kier alpha value is -3.06. The number of carbonyl (C=O) groups is 1. The summed E-state index contributed by atoms with van der Waals surface area (Å²) in [6.07, 6.45) is 1.47. The summed E-state index contributed by atoms with van der Waals surface area (Å²) < 4.78 is 27.6. The Labute approximate surface area is 145 Å². The molecule has 0 unspecified atom stereocenters. The minimum atomic E-state index is -0.821. The van der Waals surface area contributed by atoms with Gasteiger partial charge in [0.2, 0.25) is 0 Å². The predicted octanol–water partition coefficient (Wildman–Crippen LogP) is 3.25. The van der Waals surface area contributed by atoms with Crippen molar-refractivity contribution in [3.05, 3.63) is 64.8 Å². The van der Waals surface area contributed by atoms with Gasteiger partial charge in [-0.3, -0.25) is 9.78 Å². The summed E-state index contributed by atoms with van der Waals surface area (Å²) in [4.78, 5) is 19.6. The first-order valence-corrected chi connectivity index (χ1v) is 7.42. The maximum absolute atomic E-state index is 14.3. The number of benzene rings is 2. The topological polar surface area (TPSA) is 94.4 Å². The molecule has 0 spiro atoms. The highest BCUT2D eigenvalue weighted by Gasteiger charge is 2.16. The van der Waals surface area contributed by atoms with Gasteiger partial charge in [0.05, 0.1) is 10.5 Å². The fourth-order valence-corrected chi connectivity index (χ4v) is 2.77. The lowest BCUT2D eigenvalue weighted by atomic mass is 9.99. The van der Waals surface area contributed by atoms with Crippen LogP contribution < -0.4 is 11.5 Å². The zero-order valence-electron chi connectivity index (χ0n) is 12.6. The quantitative estimate of drug-likeness (QED) is 0.541.